The number of oxime groups is 1. The summed E-state index contributed by atoms with van der Waals surface area (Å²) in [5.41, 5.74) is 1.24. The SMILES string of the molecule is COc1cc(/C=N/OC(C)C(=O)Nc2ccc(C)c(F)c2)ccc1OC(F)F. The Kier molecular flexibility index (Phi) is 7.25. The van der Waals surface area contributed by atoms with E-state index in [1.165, 1.54) is 44.5 Å². The molecule has 0 saturated heterocycles. The molecule has 0 saturated carbocycles. The second-order valence-electron chi connectivity index (χ2n) is 5.72. The van der Waals surface area contributed by atoms with E-state index in [4.69, 9.17) is 9.57 Å². The molecular weight excluding hydrogens is 377 g/mol. The van der Waals surface area contributed by atoms with E-state index >= 15 is 0 Å². The van der Waals surface area contributed by atoms with Crippen LogP contribution in [-0.2, 0) is 9.63 Å². The summed E-state index contributed by atoms with van der Waals surface area (Å²) in [6.07, 6.45) is 0.327. The number of hydrogen-bond donors (Lipinski definition) is 1. The average Bonchev–Trinajstić information content (AvgIpc) is 2.65. The van der Waals surface area contributed by atoms with Crippen molar-refractivity contribution < 1.29 is 32.3 Å². The Morgan fingerprint density at radius 3 is 2.57 bits per heavy atom. The lowest BCUT2D eigenvalue weighted by molar-refractivity contribution is -0.126. The van der Waals surface area contributed by atoms with Gasteiger partial charge in [-0.15, -0.1) is 0 Å². The number of amides is 1. The van der Waals surface area contributed by atoms with Crippen LogP contribution in [0.4, 0.5) is 18.9 Å². The molecule has 9 heteroatoms. The van der Waals surface area contributed by atoms with Crippen LogP contribution in [0.25, 0.3) is 0 Å². The van der Waals surface area contributed by atoms with Gasteiger partial charge in [0.25, 0.3) is 5.91 Å². The van der Waals surface area contributed by atoms with Gasteiger partial charge in [-0.3, -0.25) is 4.79 Å². The number of carbonyl (C=O) groups excluding carboxylic acids is 1. The number of methoxy groups -OCH3 is 1. The third-order valence-corrected chi connectivity index (χ3v) is 3.63. The van der Waals surface area contributed by atoms with Crippen molar-refractivity contribution in [2.75, 3.05) is 12.4 Å². The number of nitrogens with one attached hydrogen (secondary N) is 1. The number of halogens is 3. The number of rotatable bonds is 8. The predicted octanol–water partition coefficient (Wildman–Crippen LogP) is 4.12. The molecule has 0 fully saturated rings. The van der Waals surface area contributed by atoms with Crippen molar-refractivity contribution >= 4 is 17.8 Å². The van der Waals surface area contributed by atoms with Gasteiger partial charge in [-0.05, 0) is 49.7 Å². The van der Waals surface area contributed by atoms with Gasteiger partial charge >= 0.3 is 6.61 Å². The molecule has 2 aromatic carbocycles. The topological polar surface area (TPSA) is 69.2 Å². The predicted molar refractivity (Wildman–Crippen MR) is 97.5 cm³/mol. The third-order valence-electron chi connectivity index (χ3n) is 3.63. The minimum absolute atomic E-state index is 0.0939. The first-order chi connectivity index (χ1) is 13.3. The number of benzene rings is 2. The maximum Gasteiger partial charge on any atom is 0.387 e. The smallest absolute Gasteiger partial charge is 0.387 e. The molecule has 0 bridgehead atoms. The fourth-order valence-electron chi connectivity index (χ4n) is 2.10. The second-order valence-corrected chi connectivity index (χ2v) is 5.72. The maximum absolute atomic E-state index is 13.5. The summed E-state index contributed by atoms with van der Waals surface area (Å²) < 4.78 is 47.5. The molecule has 1 amide bonds. The lowest BCUT2D eigenvalue weighted by Crippen LogP contribution is -2.26. The summed E-state index contributed by atoms with van der Waals surface area (Å²) in [6.45, 7) is 0.109. The molecule has 0 aliphatic rings. The van der Waals surface area contributed by atoms with Gasteiger partial charge in [0.1, 0.15) is 5.82 Å². The van der Waals surface area contributed by atoms with Gasteiger partial charge < -0.3 is 19.6 Å². The Morgan fingerprint density at radius 1 is 1.18 bits per heavy atom. The quantitative estimate of drug-likeness (QED) is 0.538. The lowest BCUT2D eigenvalue weighted by atomic mass is 10.2. The fraction of sp³-hybridized carbons (Fsp3) is 0.263. The molecule has 0 spiro atoms. The molecule has 0 radical (unpaired) electrons. The maximum atomic E-state index is 13.5. The molecule has 6 nitrogen and oxygen atoms in total. The average molecular weight is 396 g/mol. The Labute approximate surface area is 159 Å². The molecule has 0 aliphatic carbocycles. The molecule has 28 heavy (non-hydrogen) atoms. The molecule has 2 aromatic rings. The van der Waals surface area contributed by atoms with Crippen molar-refractivity contribution in [3.63, 3.8) is 0 Å². The van der Waals surface area contributed by atoms with Gasteiger partial charge in [-0.1, -0.05) is 11.2 Å². The largest absolute Gasteiger partial charge is 0.493 e. The monoisotopic (exact) mass is 396 g/mol. The summed E-state index contributed by atoms with van der Waals surface area (Å²) in [7, 11) is 1.31. The van der Waals surface area contributed by atoms with Crippen LogP contribution in [0.5, 0.6) is 11.5 Å². The summed E-state index contributed by atoms with van der Waals surface area (Å²) in [5.74, 6) is -0.971. The zero-order valence-corrected chi connectivity index (χ0v) is 15.4. The Balaban J connectivity index is 1.95. The first-order valence-corrected chi connectivity index (χ1v) is 8.19. The summed E-state index contributed by atoms with van der Waals surface area (Å²) >= 11 is 0. The molecule has 1 atom stereocenters. The fourth-order valence-corrected chi connectivity index (χ4v) is 2.10. The standard InChI is InChI=1S/C19H19F3N2O4/c1-11-4-6-14(9-15(11)20)24-18(25)12(2)28-23-10-13-5-7-16(27-19(21)22)17(8-13)26-3/h4-10,12,19H,1-3H3,(H,24,25)/b23-10+. The molecule has 1 unspecified atom stereocenters. The van der Waals surface area contributed by atoms with Crippen molar-refractivity contribution in [3.05, 3.63) is 53.3 Å². The van der Waals surface area contributed by atoms with Crippen molar-refractivity contribution in [1.29, 1.82) is 0 Å². The highest BCUT2D eigenvalue weighted by Crippen LogP contribution is 2.29. The minimum atomic E-state index is -2.97. The number of nitrogens with zero attached hydrogens (tertiary/aromatic N) is 1. The van der Waals surface area contributed by atoms with E-state index in [0.717, 1.165) is 0 Å². The van der Waals surface area contributed by atoms with E-state index < -0.39 is 24.4 Å². The van der Waals surface area contributed by atoms with E-state index in [0.29, 0.717) is 16.8 Å². The van der Waals surface area contributed by atoms with Crippen LogP contribution in [0.2, 0.25) is 0 Å². The van der Waals surface area contributed by atoms with Crippen LogP contribution in [0.15, 0.2) is 41.6 Å². The molecule has 0 aliphatic heterocycles. The number of anilines is 1. The highest BCUT2D eigenvalue weighted by Gasteiger charge is 2.15. The zero-order valence-electron chi connectivity index (χ0n) is 15.4. The van der Waals surface area contributed by atoms with E-state index in [9.17, 15) is 18.0 Å². The minimum Gasteiger partial charge on any atom is -0.493 e. The van der Waals surface area contributed by atoms with Crippen LogP contribution in [0.1, 0.15) is 18.1 Å². The van der Waals surface area contributed by atoms with Gasteiger partial charge in [-0.2, -0.15) is 8.78 Å². The molecular formula is C19H19F3N2O4. The molecule has 0 aromatic heterocycles. The molecule has 1 N–H and O–H groups in total. The van der Waals surface area contributed by atoms with E-state index in [1.54, 1.807) is 19.1 Å². The Bertz CT molecular complexity index is 859. The van der Waals surface area contributed by atoms with Gasteiger partial charge in [0, 0.05) is 11.3 Å². The van der Waals surface area contributed by atoms with Crippen molar-refractivity contribution in [2.24, 2.45) is 5.16 Å². The molecule has 2 rings (SSSR count). The van der Waals surface area contributed by atoms with Crippen LogP contribution in [0, 0.1) is 12.7 Å². The number of alkyl halides is 2. The number of carbonyl (C=O) groups is 1. The van der Waals surface area contributed by atoms with Crippen molar-refractivity contribution in [3.8, 4) is 11.5 Å². The van der Waals surface area contributed by atoms with Crippen LogP contribution in [-0.4, -0.2) is 31.9 Å². The van der Waals surface area contributed by atoms with Gasteiger partial charge in [0.2, 0.25) is 6.10 Å². The van der Waals surface area contributed by atoms with Gasteiger partial charge in [0.05, 0.1) is 13.3 Å². The highest BCUT2D eigenvalue weighted by atomic mass is 19.3. The van der Waals surface area contributed by atoms with E-state index in [1.807, 2.05) is 0 Å². The van der Waals surface area contributed by atoms with Crippen LogP contribution in [0.3, 0.4) is 0 Å². The Hall–Kier alpha value is -3.23. The highest BCUT2D eigenvalue weighted by molar-refractivity contribution is 5.94. The Morgan fingerprint density at radius 2 is 1.93 bits per heavy atom. The van der Waals surface area contributed by atoms with E-state index in [-0.39, 0.29) is 11.5 Å². The number of hydrogen-bond acceptors (Lipinski definition) is 5. The summed E-state index contributed by atoms with van der Waals surface area (Å²) in [4.78, 5) is 17.1. The first-order valence-electron chi connectivity index (χ1n) is 8.19. The van der Waals surface area contributed by atoms with Gasteiger partial charge in [-0.25, -0.2) is 4.39 Å². The van der Waals surface area contributed by atoms with Crippen molar-refractivity contribution in [2.45, 2.75) is 26.6 Å². The zero-order chi connectivity index (χ0) is 20.7. The second kappa shape index (κ2) is 9.63. The first kappa shape index (κ1) is 21.1. The summed E-state index contributed by atoms with van der Waals surface area (Å²) in [5, 5.41) is 6.21. The van der Waals surface area contributed by atoms with Crippen LogP contribution >= 0.6 is 0 Å². The molecule has 0 heterocycles. The van der Waals surface area contributed by atoms with E-state index in [2.05, 4.69) is 15.2 Å². The van der Waals surface area contributed by atoms with Crippen molar-refractivity contribution in [1.82, 2.24) is 0 Å². The molecule has 150 valence electrons. The normalized spacial score (nSPS) is 12.1. The summed E-state index contributed by atoms with van der Waals surface area (Å²) in [6, 6.07) is 8.51. The number of aryl methyl sites for hydroxylation is 1. The lowest BCUT2D eigenvalue weighted by Gasteiger charge is -2.11. The van der Waals surface area contributed by atoms with Gasteiger partial charge in [0.15, 0.2) is 11.5 Å². The van der Waals surface area contributed by atoms with Crippen LogP contribution < -0.4 is 14.8 Å². The number of ether oxygens (including phenoxy) is 2. The third kappa shape index (κ3) is 5.90.